The van der Waals surface area contributed by atoms with Crippen molar-refractivity contribution < 1.29 is 9.26 Å². The van der Waals surface area contributed by atoms with E-state index < -0.39 is 0 Å². The fraction of sp³-hybridized carbons (Fsp3) is 0.545. The van der Waals surface area contributed by atoms with Gasteiger partial charge in [-0.2, -0.15) is 4.98 Å². The summed E-state index contributed by atoms with van der Waals surface area (Å²) in [7, 11) is 1.60. The highest BCUT2D eigenvalue weighted by atomic mass is 16.5. The van der Waals surface area contributed by atoms with Gasteiger partial charge in [-0.05, 0) is 0 Å². The molecule has 0 N–H and O–H groups in total. The topological polar surface area (TPSA) is 66.0 Å². The first-order chi connectivity index (χ1) is 8.20. The number of nitrogens with zero attached hydrogens (tertiary/aromatic N) is 4. The number of imidazole rings is 1. The molecule has 0 spiro atoms. The van der Waals surface area contributed by atoms with Crippen LogP contribution in [0.25, 0.3) is 0 Å². The predicted octanol–water partition coefficient (Wildman–Crippen LogP) is 1.58. The van der Waals surface area contributed by atoms with Crippen LogP contribution in [0.15, 0.2) is 16.9 Å². The summed E-state index contributed by atoms with van der Waals surface area (Å²) < 4.78 is 12.1. The molecule has 17 heavy (non-hydrogen) atoms. The molecule has 0 aliphatic carbocycles. The van der Waals surface area contributed by atoms with Crippen LogP contribution in [0.2, 0.25) is 0 Å². The highest BCUT2D eigenvalue weighted by Crippen LogP contribution is 2.13. The molecule has 0 aliphatic rings. The van der Waals surface area contributed by atoms with Crippen LogP contribution in [-0.4, -0.2) is 26.8 Å². The first-order valence-corrected chi connectivity index (χ1v) is 5.52. The summed E-state index contributed by atoms with van der Waals surface area (Å²) in [6, 6.07) is 0. The second kappa shape index (κ2) is 5.09. The number of ether oxygens (including phenoxy) is 1. The smallest absolute Gasteiger partial charge is 0.246 e. The molecule has 0 aliphatic heterocycles. The lowest BCUT2D eigenvalue weighted by Crippen LogP contribution is -2.06. The summed E-state index contributed by atoms with van der Waals surface area (Å²) in [6.07, 6.45) is 3.69. The Morgan fingerprint density at radius 1 is 1.47 bits per heavy atom. The molecule has 92 valence electrons. The molecule has 6 heteroatoms. The van der Waals surface area contributed by atoms with Crippen molar-refractivity contribution >= 4 is 0 Å². The maximum Gasteiger partial charge on any atom is 0.246 e. The Hall–Kier alpha value is -1.69. The van der Waals surface area contributed by atoms with Gasteiger partial charge in [0.2, 0.25) is 5.89 Å². The van der Waals surface area contributed by atoms with Crippen LogP contribution in [0, 0.1) is 0 Å². The van der Waals surface area contributed by atoms with Crippen molar-refractivity contribution in [2.75, 3.05) is 7.11 Å². The Labute approximate surface area is 99.6 Å². The highest BCUT2D eigenvalue weighted by molar-refractivity contribution is 5.00. The zero-order chi connectivity index (χ0) is 12.3. The molecule has 2 aromatic heterocycles. The molecule has 0 aromatic carbocycles. The Morgan fingerprint density at radius 2 is 2.29 bits per heavy atom. The average Bonchev–Trinajstić information content (AvgIpc) is 2.89. The van der Waals surface area contributed by atoms with Crippen LogP contribution in [0.5, 0.6) is 0 Å². The molecule has 0 unspecified atom stereocenters. The molecule has 0 atom stereocenters. The number of aromatic nitrogens is 4. The van der Waals surface area contributed by atoms with E-state index in [2.05, 4.69) is 29.0 Å². The lowest BCUT2D eigenvalue weighted by molar-refractivity contribution is 0.174. The second-order valence-corrected chi connectivity index (χ2v) is 4.11. The minimum Gasteiger partial charge on any atom is -0.377 e. The lowest BCUT2D eigenvalue weighted by Gasteiger charge is -2.07. The average molecular weight is 236 g/mol. The first-order valence-electron chi connectivity index (χ1n) is 5.52. The van der Waals surface area contributed by atoms with Gasteiger partial charge in [0.15, 0.2) is 5.82 Å². The van der Waals surface area contributed by atoms with Gasteiger partial charge in [-0.3, -0.25) is 0 Å². The van der Waals surface area contributed by atoms with Crippen LogP contribution in [0.1, 0.15) is 37.3 Å². The van der Waals surface area contributed by atoms with Crippen LogP contribution in [-0.2, 0) is 17.9 Å². The van der Waals surface area contributed by atoms with E-state index in [4.69, 9.17) is 9.26 Å². The highest BCUT2D eigenvalue weighted by Gasteiger charge is 2.11. The molecule has 2 rings (SSSR count). The van der Waals surface area contributed by atoms with Gasteiger partial charge in [-0.1, -0.05) is 19.0 Å². The summed E-state index contributed by atoms with van der Waals surface area (Å²) in [4.78, 5) is 8.53. The van der Waals surface area contributed by atoms with Gasteiger partial charge in [0.1, 0.15) is 19.0 Å². The van der Waals surface area contributed by atoms with Gasteiger partial charge in [-0.25, -0.2) is 4.98 Å². The van der Waals surface area contributed by atoms with Crippen molar-refractivity contribution in [2.45, 2.75) is 32.9 Å². The summed E-state index contributed by atoms with van der Waals surface area (Å²) in [6.45, 7) is 5.11. The monoisotopic (exact) mass is 236 g/mol. The van der Waals surface area contributed by atoms with Gasteiger partial charge < -0.3 is 13.8 Å². The standard InChI is InChI=1S/C11H16N4O2/c1-8(2)11-12-4-5-15(11)6-10-13-9(7-16-3)14-17-10/h4-5,8H,6-7H2,1-3H3. The van der Waals surface area contributed by atoms with Crippen molar-refractivity contribution in [1.29, 1.82) is 0 Å². The Balaban J connectivity index is 2.11. The molecule has 2 aromatic rings. The van der Waals surface area contributed by atoms with Crippen LogP contribution in [0.3, 0.4) is 0 Å². The molecule has 0 saturated heterocycles. The Morgan fingerprint density at radius 3 is 3.00 bits per heavy atom. The summed E-state index contributed by atoms with van der Waals surface area (Å²) in [5.74, 6) is 2.51. The zero-order valence-electron chi connectivity index (χ0n) is 10.3. The molecule has 2 heterocycles. The third-order valence-corrected chi connectivity index (χ3v) is 2.35. The molecule has 0 bridgehead atoms. The number of hydrogen-bond donors (Lipinski definition) is 0. The van der Waals surface area contributed by atoms with E-state index in [1.165, 1.54) is 0 Å². The molecule has 0 amide bonds. The van der Waals surface area contributed by atoms with Gasteiger partial charge in [0.05, 0.1) is 0 Å². The minimum absolute atomic E-state index is 0.366. The minimum atomic E-state index is 0.366. The summed E-state index contributed by atoms with van der Waals surface area (Å²) >= 11 is 0. The van der Waals surface area contributed by atoms with Crippen molar-refractivity contribution in [1.82, 2.24) is 19.7 Å². The number of rotatable bonds is 5. The molecule has 0 fully saturated rings. The van der Waals surface area contributed by atoms with Gasteiger partial charge >= 0.3 is 0 Å². The fourth-order valence-corrected chi connectivity index (χ4v) is 1.64. The second-order valence-electron chi connectivity index (χ2n) is 4.11. The fourth-order valence-electron chi connectivity index (χ4n) is 1.64. The Kier molecular flexibility index (Phi) is 3.53. The quantitative estimate of drug-likeness (QED) is 0.788. The first kappa shape index (κ1) is 11.8. The number of methoxy groups -OCH3 is 1. The lowest BCUT2D eigenvalue weighted by atomic mass is 10.2. The maximum atomic E-state index is 5.14. The van der Waals surface area contributed by atoms with Crippen LogP contribution < -0.4 is 0 Å². The van der Waals surface area contributed by atoms with E-state index in [1.54, 1.807) is 13.3 Å². The van der Waals surface area contributed by atoms with Crippen molar-refractivity contribution in [3.63, 3.8) is 0 Å². The van der Waals surface area contributed by atoms with Crippen molar-refractivity contribution in [2.24, 2.45) is 0 Å². The van der Waals surface area contributed by atoms with E-state index in [0.29, 0.717) is 30.8 Å². The van der Waals surface area contributed by atoms with Gasteiger partial charge in [0, 0.05) is 25.4 Å². The van der Waals surface area contributed by atoms with E-state index in [1.807, 2.05) is 10.8 Å². The van der Waals surface area contributed by atoms with E-state index in [9.17, 15) is 0 Å². The molecule has 6 nitrogen and oxygen atoms in total. The molecular formula is C11H16N4O2. The van der Waals surface area contributed by atoms with Crippen LogP contribution in [0.4, 0.5) is 0 Å². The third kappa shape index (κ3) is 2.71. The van der Waals surface area contributed by atoms with Crippen molar-refractivity contribution in [3.05, 3.63) is 29.9 Å². The van der Waals surface area contributed by atoms with E-state index in [-0.39, 0.29) is 0 Å². The maximum absolute atomic E-state index is 5.14. The van der Waals surface area contributed by atoms with Crippen molar-refractivity contribution in [3.8, 4) is 0 Å². The normalized spacial score (nSPS) is 11.3. The molecule has 0 radical (unpaired) electrons. The molecular weight excluding hydrogens is 220 g/mol. The predicted molar refractivity (Wildman–Crippen MR) is 60.4 cm³/mol. The Bertz CT molecular complexity index is 475. The van der Waals surface area contributed by atoms with E-state index >= 15 is 0 Å². The van der Waals surface area contributed by atoms with E-state index in [0.717, 1.165) is 5.82 Å². The zero-order valence-corrected chi connectivity index (χ0v) is 10.3. The largest absolute Gasteiger partial charge is 0.377 e. The number of hydrogen-bond acceptors (Lipinski definition) is 5. The third-order valence-electron chi connectivity index (χ3n) is 2.35. The van der Waals surface area contributed by atoms with Gasteiger partial charge in [0.25, 0.3) is 0 Å². The van der Waals surface area contributed by atoms with Gasteiger partial charge in [-0.15, -0.1) is 0 Å². The van der Waals surface area contributed by atoms with Crippen LogP contribution >= 0.6 is 0 Å². The summed E-state index contributed by atoms with van der Waals surface area (Å²) in [5, 5.41) is 3.82. The summed E-state index contributed by atoms with van der Waals surface area (Å²) in [5.41, 5.74) is 0. The molecule has 0 saturated carbocycles. The SMILES string of the molecule is COCc1noc(Cn2ccnc2C(C)C)n1.